The van der Waals surface area contributed by atoms with E-state index in [1.807, 2.05) is 6.07 Å². The average Bonchev–Trinajstić information content (AvgIpc) is 2.48. The fourth-order valence-electron chi connectivity index (χ4n) is 1.65. The number of nitrogens with one attached hydrogen (secondary N) is 1. The summed E-state index contributed by atoms with van der Waals surface area (Å²) in [5.74, 6) is 2.02. The number of amides is 1. The molecule has 0 aliphatic carbocycles. The van der Waals surface area contributed by atoms with Crippen LogP contribution in [-0.2, 0) is 4.79 Å². The van der Waals surface area contributed by atoms with Gasteiger partial charge in [0.15, 0.2) is 6.10 Å². The highest BCUT2D eigenvalue weighted by atomic mass is 16.3. The lowest BCUT2D eigenvalue weighted by Crippen LogP contribution is -2.20. The van der Waals surface area contributed by atoms with Crippen LogP contribution < -0.4 is 5.32 Å². The van der Waals surface area contributed by atoms with Crippen molar-refractivity contribution in [2.24, 2.45) is 0 Å². The van der Waals surface area contributed by atoms with Gasteiger partial charge >= 0.3 is 0 Å². The molecule has 94 valence electrons. The Morgan fingerprint density at radius 1 is 1.11 bits per heavy atom. The molecule has 2 rings (SSSR count). The first-order chi connectivity index (χ1) is 9.20. The molecule has 0 heterocycles. The predicted molar refractivity (Wildman–Crippen MR) is 74.4 cm³/mol. The maximum atomic E-state index is 11.9. The van der Waals surface area contributed by atoms with Crippen LogP contribution in [0.2, 0.25) is 0 Å². The van der Waals surface area contributed by atoms with Crippen molar-refractivity contribution in [2.75, 3.05) is 5.32 Å². The van der Waals surface area contributed by atoms with Crippen molar-refractivity contribution in [1.82, 2.24) is 0 Å². The molecule has 0 fully saturated rings. The second-order valence-electron chi connectivity index (χ2n) is 4.02. The van der Waals surface area contributed by atoms with Gasteiger partial charge in [0.1, 0.15) is 0 Å². The molecule has 0 aliphatic rings. The fraction of sp³-hybridized carbons (Fsp3) is 0.0625. The van der Waals surface area contributed by atoms with Crippen molar-refractivity contribution in [3.8, 4) is 12.3 Å². The lowest BCUT2D eigenvalue weighted by Gasteiger charge is -2.11. The van der Waals surface area contributed by atoms with Crippen LogP contribution in [0.3, 0.4) is 0 Å². The van der Waals surface area contributed by atoms with E-state index < -0.39 is 12.0 Å². The van der Waals surface area contributed by atoms with Gasteiger partial charge in [0.25, 0.3) is 5.91 Å². The quantitative estimate of drug-likeness (QED) is 0.823. The van der Waals surface area contributed by atoms with Crippen LogP contribution in [0.5, 0.6) is 0 Å². The number of terminal acetylenes is 1. The van der Waals surface area contributed by atoms with E-state index in [0.29, 0.717) is 11.3 Å². The SMILES string of the molecule is C#Cc1ccc(NC(=O)[C@H](O)c2ccccc2)cc1. The van der Waals surface area contributed by atoms with Crippen molar-refractivity contribution in [3.63, 3.8) is 0 Å². The van der Waals surface area contributed by atoms with E-state index in [9.17, 15) is 9.90 Å². The first kappa shape index (κ1) is 12.9. The second-order valence-corrected chi connectivity index (χ2v) is 4.02. The molecule has 0 unspecified atom stereocenters. The summed E-state index contributed by atoms with van der Waals surface area (Å²) in [6.07, 6.45) is 4.06. The van der Waals surface area contributed by atoms with Crippen molar-refractivity contribution >= 4 is 11.6 Å². The molecule has 0 saturated carbocycles. The first-order valence-electron chi connectivity index (χ1n) is 5.81. The number of benzene rings is 2. The zero-order valence-corrected chi connectivity index (χ0v) is 10.2. The Balaban J connectivity index is 2.06. The lowest BCUT2D eigenvalue weighted by atomic mass is 10.1. The van der Waals surface area contributed by atoms with Gasteiger partial charge in [0.2, 0.25) is 0 Å². The minimum Gasteiger partial charge on any atom is -0.378 e. The van der Waals surface area contributed by atoms with Crippen LogP contribution in [0.25, 0.3) is 0 Å². The topological polar surface area (TPSA) is 49.3 Å². The van der Waals surface area contributed by atoms with Gasteiger partial charge in [-0.15, -0.1) is 6.42 Å². The Hall–Kier alpha value is -2.57. The monoisotopic (exact) mass is 251 g/mol. The summed E-state index contributed by atoms with van der Waals surface area (Å²) in [7, 11) is 0. The molecular weight excluding hydrogens is 238 g/mol. The molecule has 1 atom stereocenters. The molecule has 0 spiro atoms. The molecule has 0 aromatic heterocycles. The van der Waals surface area contributed by atoms with E-state index in [2.05, 4.69) is 11.2 Å². The Labute approximate surface area is 111 Å². The van der Waals surface area contributed by atoms with Gasteiger partial charge in [-0.25, -0.2) is 0 Å². The number of hydrogen-bond acceptors (Lipinski definition) is 2. The maximum Gasteiger partial charge on any atom is 0.257 e. The average molecular weight is 251 g/mol. The summed E-state index contributed by atoms with van der Waals surface area (Å²) in [5, 5.41) is 12.5. The number of aliphatic hydroxyl groups is 1. The number of aliphatic hydroxyl groups excluding tert-OH is 1. The summed E-state index contributed by atoms with van der Waals surface area (Å²) < 4.78 is 0. The Kier molecular flexibility index (Phi) is 3.97. The van der Waals surface area contributed by atoms with Crippen molar-refractivity contribution in [1.29, 1.82) is 0 Å². The summed E-state index contributed by atoms with van der Waals surface area (Å²) in [6.45, 7) is 0. The molecule has 3 heteroatoms. The highest BCUT2D eigenvalue weighted by Gasteiger charge is 2.16. The summed E-state index contributed by atoms with van der Waals surface area (Å²) >= 11 is 0. The smallest absolute Gasteiger partial charge is 0.257 e. The molecule has 3 nitrogen and oxygen atoms in total. The van der Waals surface area contributed by atoms with Crippen molar-refractivity contribution in [2.45, 2.75) is 6.10 Å². The number of carbonyl (C=O) groups is 1. The third-order valence-corrected chi connectivity index (χ3v) is 2.68. The van der Waals surface area contributed by atoms with Gasteiger partial charge in [-0.3, -0.25) is 4.79 Å². The van der Waals surface area contributed by atoms with Crippen LogP contribution >= 0.6 is 0 Å². The van der Waals surface area contributed by atoms with Gasteiger partial charge in [0, 0.05) is 11.3 Å². The maximum absolute atomic E-state index is 11.9. The summed E-state index contributed by atoms with van der Waals surface area (Å²) in [6, 6.07) is 15.6. The summed E-state index contributed by atoms with van der Waals surface area (Å²) in [5.41, 5.74) is 1.89. The highest BCUT2D eigenvalue weighted by Crippen LogP contribution is 2.16. The zero-order chi connectivity index (χ0) is 13.7. The van der Waals surface area contributed by atoms with Crippen LogP contribution in [-0.4, -0.2) is 11.0 Å². The largest absolute Gasteiger partial charge is 0.378 e. The molecule has 2 aromatic carbocycles. The van der Waals surface area contributed by atoms with Gasteiger partial charge in [-0.1, -0.05) is 36.3 Å². The molecule has 0 radical (unpaired) electrons. The van der Waals surface area contributed by atoms with Gasteiger partial charge < -0.3 is 10.4 Å². The van der Waals surface area contributed by atoms with Gasteiger partial charge in [-0.05, 0) is 29.8 Å². The highest BCUT2D eigenvalue weighted by molar-refractivity contribution is 5.94. The van der Waals surface area contributed by atoms with Gasteiger partial charge in [0.05, 0.1) is 0 Å². The summed E-state index contributed by atoms with van der Waals surface area (Å²) in [4.78, 5) is 11.9. The Bertz CT molecular complexity index is 597. The standard InChI is InChI=1S/C16H13NO2/c1-2-12-8-10-14(11-9-12)17-16(19)15(18)13-6-4-3-5-7-13/h1,3-11,15,18H,(H,17,19)/t15-/m1/s1. The predicted octanol–water partition coefficient (Wildman–Crippen LogP) is 2.34. The van der Waals surface area contributed by atoms with Crippen LogP contribution in [0, 0.1) is 12.3 Å². The van der Waals surface area contributed by atoms with Crippen molar-refractivity contribution < 1.29 is 9.90 Å². The van der Waals surface area contributed by atoms with Crippen LogP contribution in [0.1, 0.15) is 17.2 Å². The number of anilines is 1. The van der Waals surface area contributed by atoms with E-state index in [-0.39, 0.29) is 0 Å². The van der Waals surface area contributed by atoms with E-state index in [1.54, 1.807) is 48.5 Å². The minimum atomic E-state index is -1.19. The normalized spacial score (nSPS) is 11.4. The molecule has 0 bridgehead atoms. The zero-order valence-electron chi connectivity index (χ0n) is 10.2. The Morgan fingerprint density at radius 2 is 1.74 bits per heavy atom. The molecule has 19 heavy (non-hydrogen) atoms. The molecule has 0 aliphatic heterocycles. The van der Waals surface area contributed by atoms with Crippen molar-refractivity contribution in [3.05, 3.63) is 65.7 Å². The second kappa shape index (κ2) is 5.85. The van der Waals surface area contributed by atoms with E-state index in [1.165, 1.54) is 0 Å². The lowest BCUT2D eigenvalue weighted by molar-refractivity contribution is -0.124. The van der Waals surface area contributed by atoms with Crippen LogP contribution in [0.4, 0.5) is 5.69 Å². The molecule has 2 N–H and O–H groups in total. The molecule has 2 aromatic rings. The molecule has 1 amide bonds. The Morgan fingerprint density at radius 3 is 2.32 bits per heavy atom. The third-order valence-electron chi connectivity index (χ3n) is 2.68. The molecular formula is C16H13NO2. The third kappa shape index (κ3) is 3.21. The number of hydrogen-bond donors (Lipinski definition) is 2. The van der Waals surface area contributed by atoms with E-state index in [0.717, 1.165) is 5.56 Å². The molecule has 0 saturated heterocycles. The van der Waals surface area contributed by atoms with E-state index in [4.69, 9.17) is 6.42 Å². The van der Waals surface area contributed by atoms with E-state index >= 15 is 0 Å². The number of rotatable bonds is 3. The first-order valence-corrected chi connectivity index (χ1v) is 5.81. The van der Waals surface area contributed by atoms with Crippen LogP contribution in [0.15, 0.2) is 54.6 Å². The fourth-order valence-corrected chi connectivity index (χ4v) is 1.65. The van der Waals surface area contributed by atoms with Gasteiger partial charge in [-0.2, -0.15) is 0 Å². The number of carbonyl (C=O) groups excluding carboxylic acids is 1. The minimum absolute atomic E-state index is 0.473.